The highest BCUT2D eigenvalue weighted by Gasteiger charge is 2.63. The summed E-state index contributed by atoms with van der Waals surface area (Å²) in [6.07, 6.45) is 2.26. The molecular weight excluding hydrogens is 1290 g/mol. The van der Waals surface area contributed by atoms with Gasteiger partial charge < -0.3 is 45.5 Å². The second kappa shape index (κ2) is 28.0. The zero-order chi connectivity index (χ0) is 65.5. The Bertz CT molecular complexity index is 4120. The number of hydrogen-bond donors (Lipinski definition) is 7. The standard InChI is InChI=1S/C38H45N5O9S.C29H30N4O5S.2ClH/c1-6-25-20-38(25,35(47)42-53(49,50)27-16-17-27)41-32(45)30-19-26(21-43(30)34(46)31(22(2)44)40-36(48)52-37(3,4)5)51-33-28-15-11-10-14-24(28)18-29(39-33)23-12-8-7-9-13-23;1-2-20-16-29(20,28(35)33-39(36,37)22-12-13-22)32-26(34)25-15-21(17-30-25)38-27-23-11-7-6-10-19(23)14-24(31-27)18-8-4-3-5-9-18;;/h6-15,18,22,25-27,30-31,44H,1,16-17,19-21H2,2-5H3,(H,40,48)(H,41,45)(H,42,47);2-11,14,20-22,25,30H,1,12-13,15-17H2,(H,32,34)(H,33,35);2*1H/t22-,25+,26?,30-,31-,38+;20-,21?,25?,29-;;/m01../s1. The van der Waals surface area contributed by atoms with Gasteiger partial charge in [-0.3, -0.25) is 33.4 Å². The first kappa shape index (κ1) is 70.1. The number of carbonyl (C=O) groups excluding carboxylic acids is 6. The van der Waals surface area contributed by atoms with Gasteiger partial charge in [0.1, 0.15) is 41.0 Å². The smallest absolute Gasteiger partial charge is 0.408 e. The van der Waals surface area contributed by atoms with Crippen molar-refractivity contribution in [3.63, 3.8) is 0 Å². The van der Waals surface area contributed by atoms with Crippen LogP contribution in [0.1, 0.15) is 79.1 Å². The molecule has 2 aromatic heterocycles. The molecule has 4 aliphatic carbocycles. The maximum atomic E-state index is 14.2. The summed E-state index contributed by atoms with van der Waals surface area (Å²) in [6, 6.07) is 35.4. The first-order chi connectivity index (χ1) is 43.8. The Morgan fingerprint density at radius 1 is 0.660 bits per heavy atom. The van der Waals surface area contributed by atoms with E-state index in [9.17, 15) is 50.7 Å². The summed E-state index contributed by atoms with van der Waals surface area (Å²) in [5.41, 5.74) is -0.536. The molecule has 6 aliphatic rings. The van der Waals surface area contributed by atoms with E-state index in [2.05, 4.69) is 43.9 Å². The summed E-state index contributed by atoms with van der Waals surface area (Å²) in [5.74, 6) is -3.62. The van der Waals surface area contributed by atoms with Gasteiger partial charge in [-0.25, -0.2) is 31.6 Å². The third-order valence-electron chi connectivity index (χ3n) is 17.3. The van der Waals surface area contributed by atoms with Crippen LogP contribution in [0.4, 0.5) is 4.79 Å². The first-order valence-electron chi connectivity index (χ1n) is 30.8. The van der Waals surface area contributed by atoms with E-state index in [4.69, 9.17) is 24.2 Å². The Kier molecular flexibility index (Phi) is 20.9. The molecule has 6 amide bonds. The average Bonchev–Trinajstić information content (AvgIpc) is 1.58. The van der Waals surface area contributed by atoms with Crippen molar-refractivity contribution in [1.82, 2.24) is 45.6 Å². The van der Waals surface area contributed by atoms with Gasteiger partial charge in [0.05, 0.1) is 40.6 Å². The van der Waals surface area contributed by atoms with Gasteiger partial charge in [-0.2, -0.15) is 0 Å². The molecule has 7 N–H and O–H groups in total. The number of aliphatic hydroxyl groups excluding tert-OH is 1. The number of aliphatic hydroxyl groups is 1. The molecule has 23 nitrogen and oxygen atoms in total. The lowest BCUT2D eigenvalue weighted by molar-refractivity contribution is -0.142. The number of nitrogens with one attached hydrogen (secondary N) is 6. The molecule has 3 unspecified atom stereocenters. The van der Waals surface area contributed by atoms with Crippen molar-refractivity contribution < 1.29 is 64.9 Å². The minimum Gasteiger partial charge on any atom is -0.472 e. The second-order valence-corrected chi connectivity index (χ2v) is 29.4. The van der Waals surface area contributed by atoms with Crippen molar-refractivity contribution in [1.29, 1.82) is 0 Å². The molecule has 2 saturated heterocycles. The number of alkyl carbamates (subject to hydrolysis) is 1. The number of fused-ring (bicyclic) bond motifs is 2. The predicted molar refractivity (Wildman–Crippen MR) is 358 cm³/mol. The molecule has 0 spiro atoms. The maximum Gasteiger partial charge on any atom is 0.408 e. The number of nitrogens with zero attached hydrogens (tertiary/aromatic N) is 3. The molecule has 4 aromatic carbocycles. The van der Waals surface area contributed by atoms with Crippen LogP contribution in [-0.4, -0.2) is 149 Å². The molecule has 10 atom stereocenters. The van der Waals surface area contributed by atoms with Crippen LogP contribution in [0.15, 0.2) is 147 Å². The molecule has 0 radical (unpaired) electrons. The molecule has 12 rings (SSSR count). The van der Waals surface area contributed by atoms with E-state index in [0.717, 1.165) is 33.0 Å². The number of amides is 6. The number of halogens is 2. The van der Waals surface area contributed by atoms with Gasteiger partial charge in [0.25, 0.3) is 11.8 Å². The molecule has 2 aliphatic heterocycles. The fourth-order valence-electron chi connectivity index (χ4n) is 11.8. The largest absolute Gasteiger partial charge is 0.472 e. The van der Waals surface area contributed by atoms with Gasteiger partial charge in [-0.05, 0) is 101 Å². The van der Waals surface area contributed by atoms with Crippen molar-refractivity contribution in [2.75, 3.05) is 13.1 Å². The van der Waals surface area contributed by atoms with Crippen LogP contribution in [0, 0.1) is 11.8 Å². The minimum atomic E-state index is -3.93. The highest BCUT2D eigenvalue weighted by atomic mass is 35.5. The zero-order valence-electron chi connectivity index (χ0n) is 52.2. The van der Waals surface area contributed by atoms with E-state index in [-0.39, 0.29) is 68.0 Å². The van der Waals surface area contributed by atoms with Crippen molar-refractivity contribution in [3.8, 4) is 34.3 Å². The predicted octanol–water partition coefficient (Wildman–Crippen LogP) is 6.72. The van der Waals surface area contributed by atoms with E-state index in [0.29, 0.717) is 62.0 Å². The van der Waals surface area contributed by atoms with E-state index in [1.807, 2.05) is 121 Å². The minimum absolute atomic E-state index is 0. The van der Waals surface area contributed by atoms with Gasteiger partial charge in [0.2, 0.25) is 49.5 Å². The number of benzene rings is 4. The van der Waals surface area contributed by atoms with Crippen LogP contribution in [0.2, 0.25) is 0 Å². The van der Waals surface area contributed by atoms with Crippen molar-refractivity contribution in [3.05, 3.63) is 147 Å². The second-order valence-electron chi connectivity index (χ2n) is 25.4. The molecule has 500 valence electrons. The van der Waals surface area contributed by atoms with Gasteiger partial charge in [0, 0.05) is 53.1 Å². The number of carbonyl (C=O) groups is 6. The van der Waals surface area contributed by atoms with Crippen molar-refractivity contribution in [2.24, 2.45) is 11.8 Å². The van der Waals surface area contributed by atoms with Crippen LogP contribution in [0.25, 0.3) is 44.1 Å². The Balaban J connectivity index is 0.000000226. The fourth-order valence-corrected chi connectivity index (χ4v) is 14.5. The SMILES string of the molecule is C=C[C@@H]1C[C@]1(NC(=O)C1CC(Oc2nc(-c3ccccc3)cc3ccccc23)CN1)C(=O)NS(=O)(=O)C1CC1.C=C[C@@H]1C[C@]1(NC(=O)[C@@H]1CC(Oc2nc(-c3ccccc3)cc3ccccc23)CN1C(=O)[C@@H](NC(=O)OC(C)(C)C)[C@H](C)O)C(=O)NS(=O)(=O)C1CC1.Cl.Cl. The average molecular weight is 1370 g/mol. The van der Waals surface area contributed by atoms with Crippen molar-refractivity contribution in [2.45, 2.75) is 143 Å². The van der Waals surface area contributed by atoms with Crippen LogP contribution in [0.5, 0.6) is 11.8 Å². The molecule has 27 heteroatoms. The summed E-state index contributed by atoms with van der Waals surface area (Å²) in [5, 5.41) is 24.1. The van der Waals surface area contributed by atoms with Crippen molar-refractivity contribution >= 4 is 102 Å². The number of sulfonamides is 2. The topological polar surface area (TPSA) is 320 Å². The maximum absolute atomic E-state index is 14.2. The zero-order valence-corrected chi connectivity index (χ0v) is 55.5. The molecule has 0 bridgehead atoms. The normalized spacial score (nSPS) is 24.2. The third-order valence-corrected chi connectivity index (χ3v) is 20.9. The summed E-state index contributed by atoms with van der Waals surface area (Å²) < 4.78 is 72.5. The lowest BCUT2D eigenvalue weighted by atomic mass is 10.1. The molecular formula is C67H77Cl2N9O14S2. The lowest BCUT2D eigenvalue weighted by Crippen LogP contribution is -2.60. The fraction of sp³-hybridized carbons (Fsp3) is 0.403. The van der Waals surface area contributed by atoms with Gasteiger partial charge >= 0.3 is 6.09 Å². The summed E-state index contributed by atoms with van der Waals surface area (Å²) in [6.45, 7) is 14.0. The Morgan fingerprint density at radius 3 is 1.54 bits per heavy atom. The quantitative estimate of drug-likeness (QED) is 0.0368. The molecule has 4 heterocycles. The Morgan fingerprint density at radius 2 is 1.11 bits per heavy atom. The van der Waals surface area contributed by atoms with Crippen LogP contribution in [0.3, 0.4) is 0 Å². The number of rotatable bonds is 21. The van der Waals surface area contributed by atoms with Gasteiger partial charge in [0.15, 0.2) is 0 Å². The number of hydrogen-bond acceptors (Lipinski definition) is 17. The van der Waals surface area contributed by atoms with E-state index in [1.165, 1.54) is 17.9 Å². The molecule has 6 fully saturated rings. The number of aromatic nitrogens is 2. The molecule has 94 heavy (non-hydrogen) atoms. The van der Waals surface area contributed by atoms with E-state index >= 15 is 0 Å². The highest BCUT2D eigenvalue weighted by molar-refractivity contribution is 7.91. The molecule has 6 aromatic rings. The Hall–Kier alpha value is -8.20. The monoisotopic (exact) mass is 1370 g/mol. The summed E-state index contributed by atoms with van der Waals surface area (Å²) >= 11 is 0. The van der Waals surface area contributed by atoms with Crippen LogP contribution >= 0.6 is 24.8 Å². The number of likely N-dealkylation sites (tertiary alicyclic amines) is 1. The third kappa shape index (κ3) is 15.6. The number of ether oxygens (including phenoxy) is 3. The van der Waals surface area contributed by atoms with E-state index < -0.39 is 113 Å². The lowest BCUT2D eigenvalue weighted by Gasteiger charge is -2.31. The van der Waals surface area contributed by atoms with Crippen LogP contribution < -0.4 is 40.2 Å². The summed E-state index contributed by atoms with van der Waals surface area (Å²) in [4.78, 5) is 91.7. The Labute approximate surface area is 557 Å². The summed E-state index contributed by atoms with van der Waals surface area (Å²) in [7, 11) is -7.66. The van der Waals surface area contributed by atoms with Gasteiger partial charge in [-0.15, -0.1) is 38.0 Å². The number of pyridine rings is 2. The first-order valence-corrected chi connectivity index (χ1v) is 33.9. The van der Waals surface area contributed by atoms with Gasteiger partial charge in [-0.1, -0.05) is 109 Å². The van der Waals surface area contributed by atoms with Crippen LogP contribution in [-0.2, 0) is 48.8 Å². The van der Waals surface area contributed by atoms with E-state index in [1.54, 1.807) is 26.8 Å². The molecule has 4 saturated carbocycles. The highest BCUT2D eigenvalue weighted by Crippen LogP contribution is 2.47.